The first-order valence-corrected chi connectivity index (χ1v) is 12.2. The highest BCUT2D eigenvalue weighted by molar-refractivity contribution is 5.94. The number of nitrogens with zero attached hydrogens (tertiary/aromatic N) is 6. The summed E-state index contributed by atoms with van der Waals surface area (Å²) in [6, 6.07) is 11.3. The number of anilines is 1. The maximum atomic E-state index is 12.8. The molecule has 2 atom stereocenters. The van der Waals surface area contributed by atoms with E-state index in [1.807, 2.05) is 55.1 Å². The standard InChI is InChI=1S/C25H31N7O3/c1-17-14-31(15-18(2)35-17)25(34)21-5-3-19(4-6-21)13-26-24(33)20-9-11-30(12-10-20)23-8-7-22-28-27-16-32(22)29-23/h3-8,16-18,20H,9-15H2,1-2H3,(H,26,33). The van der Waals surface area contributed by atoms with E-state index in [2.05, 4.69) is 25.5 Å². The summed E-state index contributed by atoms with van der Waals surface area (Å²) in [5.41, 5.74) is 2.35. The van der Waals surface area contributed by atoms with Crippen molar-refractivity contribution in [3.05, 3.63) is 53.9 Å². The Morgan fingerprint density at radius 1 is 1.03 bits per heavy atom. The van der Waals surface area contributed by atoms with Gasteiger partial charge >= 0.3 is 0 Å². The minimum Gasteiger partial charge on any atom is -0.372 e. The van der Waals surface area contributed by atoms with Gasteiger partial charge in [0, 0.05) is 44.2 Å². The summed E-state index contributed by atoms with van der Waals surface area (Å²) >= 11 is 0. The highest BCUT2D eigenvalue weighted by atomic mass is 16.5. The lowest BCUT2D eigenvalue weighted by molar-refractivity contribution is -0.125. The number of hydrogen-bond acceptors (Lipinski definition) is 7. The highest BCUT2D eigenvalue weighted by Gasteiger charge is 2.27. The fourth-order valence-electron chi connectivity index (χ4n) is 4.88. The zero-order valence-electron chi connectivity index (χ0n) is 20.1. The number of benzene rings is 1. The number of aromatic nitrogens is 4. The molecule has 5 rings (SSSR count). The van der Waals surface area contributed by atoms with E-state index >= 15 is 0 Å². The van der Waals surface area contributed by atoms with Crippen molar-refractivity contribution in [1.29, 1.82) is 0 Å². The number of rotatable bonds is 5. The molecule has 3 aromatic rings. The molecule has 2 unspecified atom stereocenters. The van der Waals surface area contributed by atoms with Gasteiger partial charge in [0.25, 0.3) is 5.91 Å². The summed E-state index contributed by atoms with van der Waals surface area (Å²) < 4.78 is 7.38. The summed E-state index contributed by atoms with van der Waals surface area (Å²) in [4.78, 5) is 29.6. The zero-order valence-corrected chi connectivity index (χ0v) is 20.1. The molecule has 35 heavy (non-hydrogen) atoms. The van der Waals surface area contributed by atoms with Gasteiger partial charge < -0.3 is 19.9 Å². The van der Waals surface area contributed by atoms with Crippen LogP contribution in [0.4, 0.5) is 5.82 Å². The largest absolute Gasteiger partial charge is 0.372 e. The Labute approximate surface area is 204 Å². The molecule has 4 heterocycles. The van der Waals surface area contributed by atoms with Crippen LogP contribution < -0.4 is 10.2 Å². The first kappa shape index (κ1) is 23.2. The quantitative estimate of drug-likeness (QED) is 0.598. The van der Waals surface area contributed by atoms with Gasteiger partial charge in [-0.1, -0.05) is 12.1 Å². The van der Waals surface area contributed by atoms with Crippen LogP contribution in [0.15, 0.2) is 42.7 Å². The fourth-order valence-corrected chi connectivity index (χ4v) is 4.88. The molecule has 0 aliphatic carbocycles. The van der Waals surface area contributed by atoms with Crippen molar-refractivity contribution in [2.45, 2.75) is 45.4 Å². The van der Waals surface area contributed by atoms with E-state index in [1.54, 1.807) is 10.8 Å². The van der Waals surface area contributed by atoms with E-state index in [1.165, 1.54) is 0 Å². The molecule has 10 nitrogen and oxygen atoms in total. The number of piperidine rings is 1. The molecule has 2 aromatic heterocycles. The molecule has 2 aliphatic heterocycles. The van der Waals surface area contributed by atoms with Crippen LogP contribution in [0.3, 0.4) is 0 Å². The lowest BCUT2D eigenvalue weighted by Crippen LogP contribution is -2.48. The molecule has 1 aromatic carbocycles. The van der Waals surface area contributed by atoms with Gasteiger partial charge in [0.05, 0.1) is 12.2 Å². The number of morpholine rings is 1. The van der Waals surface area contributed by atoms with Crippen LogP contribution in [0.5, 0.6) is 0 Å². The van der Waals surface area contributed by atoms with Gasteiger partial charge in [-0.2, -0.15) is 4.52 Å². The summed E-state index contributed by atoms with van der Waals surface area (Å²) in [5, 5.41) is 15.5. The minimum absolute atomic E-state index is 0.0176. The van der Waals surface area contributed by atoms with Crippen molar-refractivity contribution >= 4 is 23.3 Å². The Morgan fingerprint density at radius 3 is 2.46 bits per heavy atom. The molecule has 0 saturated carbocycles. The molecule has 1 N–H and O–H groups in total. The molecule has 184 valence electrons. The van der Waals surface area contributed by atoms with Crippen molar-refractivity contribution in [1.82, 2.24) is 30.0 Å². The summed E-state index contributed by atoms with van der Waals surface area (Å²) in [6.07, 6.45) is 3.22. The Hall–Kier alpha value is -3.53. The summed E-state index contributed by atoms with van der Waals surface area (Å²) in [7, 11) is 0. The third-order valence-electron chi connectivity index (χ3n) is 6.71. The molecule has 0 spiro atoms. The molecule has 10 heteroatoms. The molecular formula is C25H31N7O3. The molecular weight excluding hydrogens is 446 g/mol. The first-order valence-electron chi connectivity index (χ1n) is 12.2. The van der Waals surface area contributed by atoms with E-state index in [4.69, 9.17) is 4.74 Å². The molecule has 2 saturated heterocycles. The van der Waals surface area contributed by atoms with Crippen LogP contribution in [-0.4, -0.2) is 74.9 Å². The Morgan fingerprint density at radius 2 is 1.74 bits per heavy atom. The number of carbonyl (C=O) groups excluding carboxylic acids is 2. The normalized spacial score (nSPS) is 21.3. The number of amides is 2. The van der Waals surface area contributed by atoms with Crippen LogP contribution >= 0.6 is 0 Å². The third-order valence-corrected chi connectivity index (χ3v) is 6.71. The molecule has 2 fully saturated rings. The van der Waals surface area contributed by atoms with Gasteiger partial charge in [-0.05, 0) is 56.5 Å². The summed E-state index contributed by atoms with van der Waals surface area (Å²) in [5.74, 6) is 0.943. The molecule has 0 radical (unpaired) electrons. The van der Waals surface area contributed by atoms with Crippen LogP contribution in [0.1, 0.15) is 42.6 Å². The van der Waals surface area contributed by atoms with E-state index in [9.17, 15) is 9.59 Å². The van der Waals surface area contributed by atoms with Gasteiger partial charge in [-0.15, -0.1) is 15.3 Å². The van der Waals surface area contributed by atoms with Gasteiger partial charge in [0.1, 0.15) is 12.1 Å². The van der Waals surface area contributed by atoms with E-state index < -0.39 is 0 Å². The van der Waals surface area contributed by atoms with Gasteiger partial charge in [0.15, 0.2) is 5.65 Å². The van der Waals surface area contributed by atoms with Crippen LogP contribution in [0.25, 0.3) is 5.65 Å². The predicted molar refractivity (Wildman–Crippen MR) is 130 cm³/mol. The molecule has 2 aliphatic rings. The second kappa shape index (κ2) is 9.99. The van der Waals surface area contributed by atoms with Gasteiger partial charge in [0.2, 0.25) is 5.91 Å². The van der Waals surface area contributed by atoms with Crippen LogP contribution in [-0.2, 0) is 16.1 Å². The Kier molecular flexibility index (Phi) is 6.63. The number of carbonyl (C=O) groups is 2. The van der Waals surface area contributed by atoms with E-state index in [0.717, 1.165) is 37.3 Å². The average molecular weight is 478 g/mol. The van der Waals surface area contributed by atoms with Crippen molar-refractivity contribution in [3.63, 3.8) is 0 Å². The third kappa shape index (κ3) is 5.27. The van der Waals surface area contributed by atoms with Gasteiger partial charge in [-0.3, -0.25) is 9.59 Å². The second-order valence-corrected chi connectivity index (χ2v) is 9.47. The van der Waals surface area contributed by atoms with E-state index in [-0.39, 0.29) is 29.9 Å². The maximum Gasteiger partial charge on any atom is 0.254 e. The molecule has 2 amide bonds. The van der Waals surface area contributed by atoms with Crippen LogP contribution in [0, 0.1) is 5.92 Å². The summed E-state index contributed by atoms with van der Waals surface area (Å²) in [6.45, 7) is 7.17. The van der Waals surface area contributed by atoms with Crippen molar-refractivity contribution < 1.29 is 14.3 Å². The fraction of sp³-hybridized carbons (Fsp3) is 0.480. The highest BCUT2D eigenvalue weighted by Crippen LogP contribution is 2.22. The number of ether oxygens (including phenoxy) is 1. The Bertz CT molecular complexity index is 1180. The number of nitrogens with one attached hydrogen (secondary N) is 1. The minimum atomic E-state index is -0.0176. The smallest absolute Gasteiger partial charge is 0.254 e. The van der Waals surface area contributed by atoms with Crippen LogP contribution in [0.2, 0.25) is 0 Å². The van der Waals surface area contributed by atoms with Crippen molar-refractivity contribution in [2.75, 3.05) is 31.1 Å². The maximum absolute atomic E-state index is 12.8. The predicted octanol–water partition coefficient (Wildman–Crippen LogP) is 1.91. The first-order chi connectivity index (χ1) is 17.0. The van der Waals surface area contributed by atoms with E-state index in [0.29, 0.717) is 30.8 Å². The Balaban J connectivity index is 1.10. The van der Waals surface area contributed by atoms with Gasteiger partial charge in [-0.25, -0.2) is 0 Å². The topological polar surface area (TPSA) is 105 Å². The number of hydrogen-bond donors (Lipinski definition) is 1. The second-order valence-electron chi connectivity index (χ2n) is 9.47. The van der Waals surface area contributed by atoms with Crippen molar-refractivity contribution in [2.24, 2.45) is 5.92 Å². The average Bonchev–Trinajstić information content (AvgIpc) is 3.35. The lowest BCUT2D eigenvalue weighted by atomic mass is 9.96. The lowest BCUT2D eigenvalue weighted by Gasteiger charge is -2.35. The monoisotopic (exact) mass is 477 g/mol. The molecule has 0 bridgehead atoms. The number of fused-ring (bicyclic) bond motifs is 1. The SMILES string of the molecule is CC1CN(C(=O)c2ccc(CNC(=O)C3CCN(c4ccc5nncn5n4)CC3)cc2)CC(C)O1. The van der Waals surface area contributed by atoms with Crippen molar-refractivity contribution in [3.8, 4) is 0 Å². The zero-order chi connectivity index (χ0) is 24.4.